The van der Waals surface area contributed by atoms with Crippen LogP contribution in [0.15, 0.2) is 42.5 Å². The molecular formula is C18H20Cl2N2O3S. The molecule has 2 rings (SSSR count). The van der Waals surface area contributed by atoms with E-state index in [2.05, 4.69) is 0 Å². The number of carbonyl (C=O) groups excluding carboxylic acids is 1. The van der Waals surface area contributed by atoms with E-state index >= 15 is 0 Å². The molecule has 0 bridgehead atoms. The predicted molar refractivity (Wildman–Crippen MR) is 106 cm³/mol. The van der Waals surface area contributed by atoms with Gasteiger partial charge in [0.15, 0.2) is 0 Å². The first-order valence-corrected chi connectivity index (χ1v) is 10.4. The average molecular weight is 415 g/mol. The summed E-state index contributed by atoms with van der Waals surface area (Å²) < 4.78 is 25.6. The van der Waals surface area contributed by atoms with Crippen molar-refractivity contribution < 1.29 is 13.2 Å². The van der Waals surface area contributed by atoms with Crippen LogP contribution in [-0.2, 0) is 21.4 Å². The van der Waals surface area contributed by atoms with Crippen LogP contribution in [0, 0.1) is 6.92 Å². The molecule has 0 atom stereocenters. The van der Waals surface area contributed by atoms with Gasteiger partial charge in [-0.15, -0.1) is 0 Å². The minimum absolute atomic E-state index is 0.301. The third-order valence-corrected chi connectivity index (χ3v) is 5.49. The molecule has 8 heteroatoms. The van der Waals surface area contributed by atoms with Crippen molar-refractivity contribution >= 4 is 44.8 Å². The van der Waals surface area contributed by atoms with Crippen molar-refractivity contribution in [2.75, 3.05) is 24.2 Å². The normalized spacial score (nSPS) is 11.3. The van der Waals surface area contributed by atoms with E-state index in [1.807, 2.05) is 12.1 Å². The number of rotatable bonds is 6. The fourth-order valence-corrected chi connectivity index (χ4v) is 3.62. The third kappa shape index (κ3) is 5.37. The van der Waals surface area contributed by atoms with E-state index in [-0.39, 0.29) is 12.5 Å². The van der Waals surface area contributed by atoms with Gasteiger partial charge in [-0.1, -0.05) is 41.4 Å². The summed E-state index contributed by atoms with van der Waals surface area (Å²) in [5.41, 5.74) is 2.01. The first kappa shape index (κ1) is 20.6. The summed E-state index contributed by atoms with van der Waals surface area (Å²) in [4.78, 5) is 14.1. The zero-order chi connectivity index (χ0) is 19.5. The highest BCUT2D eigenvalue weighted by atomic mass is 35.5. The molecule has 0 fully saturated rings. The zero-order valence-electron chi connectivity index (χ0n) is 14.7. The van der Waals surface area contributed by atoms with Crippen molar-refractivity contribution in [2.45, 2.75) is 13.5 Å². The Morgan fingerprint density at radius 1 is 1.04 bits per heavy atom. The first-order valence-electron chi connectivity index (χ1n) is 7.80. The number of sulfonamides is 1. The van der Waals surface area contributed by atoms with Crippen LogP contribution in [0.25, 0.3) is 0 Å². The van der Waals surface area contributed by atoms with Crippen LogP contribution in [0.2, 0.25) is 10.0 Å². The molecule has 0 unspecified atom stereocenters. The Hall–Kier alpha value is -1.76. The van der Waals surface area contributed by atoms with Crippen LogP contribution in [0.1, 0.15) is 11.1 Å². The summed E-state index contributed by atoms with van der Waals surface area (Å²) in [6, 6.07) is 12.1. The van der Waals surface area contributed by atoms with Gasteiger partial charge in [0, 0.05) is 23.6 Å². The van der Waals surface area contributed by atoms with E-state index in [1.165, 1.54) is 4.90 Å². The van der Waals surface area contributed by atoms with Crippen LogP contribution in [0.3, 0.4) is 0 Å². The zero-order valence-corrected chi connectivity index (χ0v) is 17.1. The third-order valence-electron chi connectivity index (χ3n) is 3.88. The van der Waals surface area contributed by atoms with Crippen molar-refractivity contribution in [3.05, 3.63) is 63.6 Å². The number of carbonyl (C=O) groups is 1. The second-order valence-electron chi connectivity index (χ2n) is 6.08. The average Bonchev–Trinajstić information content (AvgIpc) is 2.56. The quantitative estimate of drug-likeness (QED) is 0.723. The molecule has 5 nitrogen and oxygen atoms in total. The first-order chi connectivity index (χ1) is 12.1. The molecule has 2 aromatic carbocycles. The Morgan fingerprint density at radius 3 is 2.19 bits per heavy atom. The number of aryl methyl sites for hydroxylation is 1. The van der Waals surface area contributed by atoms with Crippen molar-refractivity contribution in [1.29, 1.82) is 0 Å². The second-order valence-corrected chi connectivity index (χ2v) is 8.86. The monoisotopic (exact) mass is 414 g/mol. The Morgan fingerprint density at radius 2 is 1.62 bits per heavy atom. The van der Waals surface area contributed by atoms with Crippen LogP contribution in [0.4, 0.5) is 5.69 Å². The van der Waals surface area contributed by atoms with Crippen LogP contribution in [-0.4, -0.2) is 39.1 Å². The van der Waals surface area contributed by atoms with Crippen LogP contribution in [0.5, 0.6) is 0 Å². The van der Waals surface area contributed by atoms with E-state index in [9.17, 15) is 13.2 Å². The molecular weight excluding hydrogens is 395 g/mol. The summed E-state index contributed by atoms with van der Waals surface area (Å²) >= 11 is 11.9. The van der Waals surface area contributed by atoms with Gasteiger partial charge in [-0.2, -0.15) is 0 Å². The molecule has 0 spiro atoms. The van der Waals surface area contributed by atoms with E-state index in [1.54, 1.807) is 44.3 Å². The fraction of sp³-hybridized carbons (Fsp3) is 0.278. The van der Waals surface area contributed by atoms with Gasteiger partial charge in [0.2, 0.25) is 15.9 Å². The van der Waals surface area contributed by atoms with E-state index < -0.39 is 10.0 Å². The molecule has 2 aromatic rings. The standard InChI is InChI=1S/C18H20Cl2N2O3S/c1-13-4-7-16(20)10-17(13)22(26(3,24)25)12-18(23)21(2)11-14-5-8-15(19)9-6-14/h4-10H,11-12H2,1-3H3. The number of nitrogens with zero attached hydrogens (tertiary/aromatic N) is 2. The second kappa shape index (κ2) is 8.29. The minimum atomic E-state index is -3.65. The van der Waals surface area contributed by atoms with Gasteiger partial charge in [-0.3, -0.25) is 9.10 Å². The highest BCUT2D eigenvalue weighted by Gasteiger charge is 2.24. The van der Waals surface area contributed by atoms with Crippen LogP contribution >= 0.6 is 23.2 Å². The maximum Gasteiger partial charge on any atom is 0.243 e. The molecule has 0 saturated carbocycles. The maximum atomic E-state index is 12.6. The summed E-state index contributed by atoms with van der Waals surface area (Å²) in [6.45, 7) is 1.82. The molecule has 1 amide bonds. The lowest BCUT2D eigenvalue weighted by molar-refractivity contribution is -0.128. The summed E-state index contributed by atoms with van der Waals surface area (Å²) in [7, 11) is -2.03. The molecule has 0 saturated heterocycles. The highest BCUT2D eigenvalue weighted by molar-refractivity contribution is 7.92. The summed E-state index contributed by atoms with van der Waals surface area (Å²) in [5, 5.41) is 1.02. The molecule has 0 radical (unpaired) electrons. The van der Waals surface area contributed by atoms with Gasteiger partial charge in [-0.05, 0) is 42.3 Å². The maximum absolute atomic E-state index is 12.6. The lowest BCUT2D eigenvalue weighted by Crippen LogP contribution is -2.41. The van der Waals surface area contributed by atoms with Gasteiger partial charge in [0.05, 0.1) is 11.9 Å². The predicted octanol–water partition coefficient (Wildman–Crippen LogP) is 3.73. The lowest BCUT2D eigenvalue weighted by atomic mass is 10.2. The number of amides is 1. The Bertz CT molecular complexity index is 899. The molecule has 26 heavy (non-hydrogen) atoms. The minimum Gasteiger partial charge on any atom is -0.340 e. The molecule has 0 aliphatic rings. The van der Waals surface area contributed by atoms with E-state index in [0.717, 1.165) is 16.1 Å². The SMILES string of the molecule is Cc1ccc(Cl)cc1N(CC(=O)N(C)Cc1ccc(Cl)cc1)S(C)(=O)=O. The largest absolute Gasteiger partial charge is 0.340 e. The molecule has 0 aliphatic heterocycles. The van der Waals surface area contributed by atoms with Gasteiger partial charge in [0.1, 0.15) is 6.54 Å². The number of likely N-dealkylation sites (N-methyl/N-ethyl adjacent to an activating group) is 1. The summed E-state index contributed by atoms with van der Waals surface area (Å²) in [6.07, 6.45) is 1.07. The van der Waals surface area contributed by atoms with E-state index in [0.29, 0.717) is 27.8 Å². The van der Waals surface area contributed by atoms with Crippen molar-refractivity contribution in [3.8, 4) is 0 Å². The summed E-state index contributed by atoms with van der Waals surface area (Å²) in [5.74, 6) is -0.329. The number of hydrogen-bond donors (Lipinski definition) is 0. The highest BCUT2D eigenvalue weighted by Crippen LogP contribution is 2.26. The van der Waals surface area contributed by atoms with Crippen molar-refractivity contribution in [1.82, 2.24) is 4.90 Å². The van der Waals surface area contributed by atoms with Gasteiger partial charge in [-0.25, -0.2) is 8.42 Å². The molecule has 0 heterocycles. The number of halogens is 2. The fourth-order valence-electron chi connectivity index (χ4n) is 2.43. The Kier molecular flexibility index (Phi) is 6.55. The topological polar surface area (TPSA) is 57.7 Å². The Labute approximate surface area is 164 Å². The number of anilines is 1. The van der Waals surface area contributed by atoms with Crippen LogP contribution < -0.4 is 4.31 Å². The molecule has 0 aliphatic carbocycles. The van der Waals surface area contributed by atoms with E-state index in [4.69, 9.17) is 23.2 Å². The molecule has 140 valence electrons. The smallest absolute Gasteiger partial charge is 0.243 e. The van der Waals surface area contributed by atoms with Gasteiger partial charge >= 0.3 is 0 Å². The Balaban J connectivity index is 2.21. The number of hydrogen-bond acceptors (Lipinski definition) is 3. The number of benzene rings is 2. The lowest BCUT2D eigenvalue weighted by Gasteiger charge is -2.26. The van der Waals surface area contributed by atoms with Gasteiger partial charge < -0.3 is 4.90 Å². The van der Waals surface area contributed by atoms with Crippen molar-refractivity contribution in [3.63, 3.8) is 0 Å². The van der Waals surface area contributed by atoms with Crippen molar-refractivity contribution in [2.24, 2.45) is 0 Å². The molecule has 0 aromatic heterocycles. The molecule has 0 N–H and O–H groups in total. The van der Waals surface area contributed by atoms with Gasteiger partial charge in [0.25, 0.3) is 0 Å².